The zero-order valence-electron chi connectivity index (χ0n) is 46.6. The SMILES string of the molecule is Cc1c(N)cc(C#N)c2[nH]cnc12.Cc1c(N)cc(C(N)=O)c2[nH]cnc12.Cc1c([N+](=O)[O-])cc(C#N)c2[nH]cnc12.Cc1c([N+](=O)[O-])cc(C(=O)O)c2[nH]cnc12.Cc1c([N+](=O)[O-])cc(C(N)=O)c2[nH]cnc12.Cc1ccc(C(=O)O)c2[nH]cnc12.Cl. The van der Waals surface area contributed by atoms with Gasteiger partial charge in [-0.2, -0.15) is 10.5 Å². The minimum Gasteiger partial charge on any atom is -0.478 e. The van der Waals surface area contributed by atoms with Crippen LogP contribution in [0.2, 0.25) is 0 Å². The third kappa shape index (κ3) is 12.8. The number of nitro groups is 3. The van der Waals surface area contributed by atoms with Crippen LogP contribution in [-0.2, 0) is 0 Å². The predicted molar refractivity (Wildman–Crippen MR) is 321 cm³/mol. The molecule has 0 fully saturated rings. The van der Waals surface area contributed by atoms with Crippen molar-refractivity contribution < 1.29 is 44.2 Å². The Labute approximate surface area is 497 Å². The molecule has 0 aliphatic carbocycles. The highest BCUT2D eigenvalue weighted by Crippen LogP contribution is 2.31. The number of nitro benzene ring substituents is 3. The van der Waals surface area contributed by atoms with E-state index in [1.165, 1.54) is 44.6 Å². The number of nitrogen functional groups attached to an aromatic ring is 2. The van der Waals surface area contributed by atoms with Gasteiger partial charge in [0.25, 0.3) is 28.9 Å². The lowest BCUT2D eigenvalue weighted by molar-refractivity contribution is -0.385. The van der Waals surface area contributed by atoms with Gasteiger partial charge in [-0.25, -0.2) is 39.5 Å². The third-order valence-electron chi connectivity index (χ3n) is 13.4. The van der Waals surface area contributed by atoms with Crippen molar-refractivity contribution in [2.75, 3.05) is 11.5 Å². The molecule has 0 aliphatic rings. The molecule has 16 N–H and O–H groups in total. The molecule has 0 unspecified atom stereocenters. The van der Waals surface area contributed by atoms with Gasteiger partial charge in [0.05, 0.1) is 169 Å². The number of aromatic carboxylic acids is 2. The number of aromatic nitrogens is 12. The topological polar surface area (TPSA) is 562 Å². The van der Waals surface area contributed by atoms with Crippen LogP contribution < -0.4 is 22.9 Å². The molecule has 2 amide bonds. The fourth-order valence-electron chi connectivity index (χ4n) is 8.83. The summed E-state index contributed by atoms with van der Waals surface area (Å²) >= 11 is 0. The number of nitrogens with zero attached hydrogens (tertiary/aromatic N) is 11. The molecule has 6 heterocycles. The van der Waals surface area contributed by atoms with E-state index in [-0.39, 0.29) is 51.7 Å². The van der Waals surface area contributed by atoms with Gasteiger partial charge in [-0.3, -0.25) is 39.9 Å². The summed E-state index contributed by atoms with van der Waals surface area (Å²) in [6.07, 6.45) is 8.69. The summed E-state index contributed by atoms with van der Waals surface area (Å²) in [5.74, 6) is -3.39. The highest BCUT2D eigenvalue weighted by atomic mass is 35.5. The van der Waals surface area contributed by atoms with E-state index in [0.29, 0.717) is 88.8 Å². The summed E-state index contributed by atoms with van der Waals surface area (Å²) in [5.41, 5.74) is 34.4. The first-order valence-corrected chi connectivity index (χ1v) is 24.8. The van der Waals surface area contributed by atoms with Crippen molar-refractivity contribution in [3.63, 3.8) is 0 Å². The van der Waals surface area contributed by atoms with Crippen LogP contribution in [0.4, 0.5) is 28.4 Å². The van der Waals surface area contributed by atoms with Crippen LogP contribution in [0.5, 0.6) is 0 Å². The van der Waals surface area contributed by atoms with Gasteiger partial charge in [0, 0.05) is 29.6 Å². The van der Waals surface area contributed by atoms with Crippen LogP contribution in [0, 0.1) is 94.5 Å². The second kappa shape index (κ2) is 26.6. The number of carboxylic acids is 2. The quantitative estimate of drug-likeness (QED) is 0.0410. The number of imidazole rings is 6. The molecule has 0 aliphatic heterocycles. The Balaban J connectivity index is 0.000000168. The number of nitrogens with two attached hydrogens (primary N) is 4. The fraction of sp³-hybridized carbons (Fsp3) is 0.111. The molecule has 33 nitrogen and oxygen atoms in total. The summed E-state index contributed by atoms with van der Waals surface area (Å²) < 4.78 is 0. The van der Waals surface area contributed by atoms with Crippen LogP contribution in [0.15, 0.2) is 80.4 Å². The Morgan fingerprint density at radius 3 is 1.12 bits per heavy atom. The van der Waals surface area contributed by atoms with Crippen molar-refractivity contribution in [2.45, 2.75) is 41.5 Å². The maximum Gasteiger partial charge on any atom is 0.338 e. The number of aromatic amines is 6. The average molecular weight is 1220 g/mol. The Kier molecular flexibility index (Phi) is 19.4. The highest BCUT2D eigenvalue weighted by molar-refractivity contribution is 6.07. The number of carboxylic acid groups (broad SMARTS) is 2. The molecule has 6 aromatic heterocycles. The first-order valence-electron chi connectivity index (χ1n) is 24.8. The van der Waals surface area contributed by atoms with Crippen molar-refractivity contribution in [2.24, 2.45) is 11.5 Å². The smallest absolute Gasteiger partial charge is 0.338 e. The maximum absolute atomic E-state index is 11.2. The first-order chi connectivity index (χ1) is 41.2. The van der Waals surface area contributed by atoms with Crippen LogP contribution in [0.3, 0.4) is 0 Å². The Morgan fingerprint density at radius 2 is 0.739 bits per heavy atom. The van der Waals surface area contributed by atoms with Gasteiger partial charge in [0.2, 0.25) is 0 Å². The highest BCUT2D eigenvalue weighted by Gasteiger charge is 2.24. The third-order valence-corrected chi connectivity index (χ3v) is 13.4. The molecule has 6 aromatic carbocycles. The van der Waals surface area contributed by atoms with Crippen molar-refractivity contribution in [3.05, 3.63) is 178 Å². The fourth-order valence-corrected chi connectivity index (χ4v) is 8.83. The van der Waals surface area contributed by atoms with Crippen molar-refractivity contribution in [1.82, 2.24) is 59.8 Å². The lowest BCUT2D eigenvalue weighted by Crippen LogP contribution is -2.12. The maximum atomic E-state index is 11.2. The molecule has 34 heteroatoms. The number of benzene rings is 6. The van der Waals surface area contributed by atoms with Gasteiger partial charge >= 0.3 is 11.9 Å². The van der Waals surface area contributed by atoms with Gasteiger partial charge in [-0.05, 0) is 76.4 Å². The zero-order chi connectivity index (χ0) is 63.9. The van der Waals surface area contributed by atoms with E-state index in [2.05, 4.69) is 65.9 Å². The van der Waals surface area contributed by atoms with E-state index in [9.17, 15) is 49.5 Å². The van der Waals surface area contributed by atoms with Crippen molar-refractivity contribution in [1.29, 1.82) is 10.5 Å². The number of aryl methyl sites for hydroxylation is 6. The number of nitrogens with one attached hydrogen (secondary N) is 6. The van der Waals surface area contributed by atoms with Crippen molar-refractivity contribution in [3.8, 4) is 12.1 Å². The molecule has 88 heavy (non-hydrogen) atoms. The lowest BCUT2D eigenvalue weighted by Gasteiger charge is -2.04. The first kappa shape index (κ1) is 64.3. The van der Waals surface area contributed by atoms with Gasteiger partial charge < -0.3 is 63.1 Å². The number of hydrogen-bond acceptors (Lipinski definition) is 20. The number of halogens is 1. The van der Waals surface area contributed by atoms with E-state index in [1.54, 1.807) is 44.4 Å². The number of hydrogen-bond donors (Lipinski definition) is 12. The number of primary amides is 2. The van der Waals surface area contributed by atoms with Gasteiger partial charge in [0.15, 0.2) is 0 Å². The van der Waals surface area contributed by atoms with Gasteiger partial charge in [-0.15, -0.1) is 12.4 Å². The second-order valence-electron chi connectivity index (χ2n) is 18.5. The second-order valence-corrected chi connectivity index (χ2v) is 18.5. The molecule has 0 spiro atoms. The normalized spacial score (nSPS) is 10.3. The Hall–Kier alpha value is -12.9. The molecular formula is C54H48ClN21O12. The number of carbonyl (C=O) groups is 4. The summed E-state index contributed by atoms with van der Waals surface area (Å²) in [6, 6.07) is 14.0. The number of fused-ring (bicyclic) bond motifs is 6. The monoisotopic (exact) mass is 1220 g/mol. The Bertz CT molecular complexity index is 4760. The van der Waals surface area contributed by atoms with E-state index >= 15 is 0 Å². The molecule has 448 valence electrons. The minimum absolute atomic E-state index is 0. The summed E-state index contributed by atoms with van der Waals surface area (Å²) in [6.45, 7) is 10.4. The Morgan fingerprint density at radius 1 is 0.443 bits per heavy atom. The standard InChI is InChI=1S/C9H8N4O3.C9H6N4O2.C9H10N4O.C9H8N4.C9H7N3O4.C9H8N2O2.ClH/c1-4-6(13(15)16)2-5(9(10)14)8-7(4)11-3-12-8;1-5-7(13(14)15)2-6(3-10)9-8(5)11-4-12-9;1-4-6(10)2-5(9(11)14)8-7(4)12-3-13-8;1-5-7(11)2-6(3-10)9-8(5)12-4-13-9;1-4-6(12(15)16)2-5(9(13)14)8-7(4)10-3-11-8;1-5-2-3-6(9(12)13)8-7(5)10-4-11-8;/h2-3H,1H3,(H2,10,14)(H,11,12);2,4H,1H3,(H,11,12);2-3H,10H2,1H3,(H2,11,14)(H,12,13);2,4H,11H2,1H3,(H,12,13);2-3H,1H3,(H,10,11)(H,13,14);2-4H,1H3,(H,10,11)(H,12,13);1H. The van der Waals surface area contributed by atoms with Crippen LogP contribution in [0.1, 0.15) is 85.9 Å². The van der Waals surface area contributed by atoms with Gasteiger partial charge in [-0.1, -0.05) is 6.07 Å². The van der Waals surface area contributed by atoms with Crippen LogP contribution in [-0.4, -0.2) is 109 Å². The number of H-pyrrole nitrogens is 6. The van der Waals surface area contributed by atoms with E-state index in [0.717, 1.165) is 45.4 Å². The van der Waals surface area contributed by atoms with Gasteiger partial charge in [0.1, 0.15) is 12.1 Å². The number of nitriles is 2. The average Bonchev–Trinajstić information content (AvgIpc) is 4.32. The number of carbonyl (C=O) groups excluding carboxylic acids is 2. The van der Waals surface area contributed by atoms with E-state index in [1.807, 2.05) is 26.8 Å². The molecule has 0 saturated carbocycles. The van der Waals surface area contributed by atoms with Crippen LogP contribution >= 0.6 is 12.4 Å². The number of rotatable bonds is 7. The molecule has 0 bridgehead atoms. The molecular weight excluding hydrogens is 1170 g/mol. The number of amides is 2. The largest absolute Gasteiger partial charge is 0.478 e. The molecule has 12 rings (SSSR count). The van der Waals surface area contributed by atoms with Crippen LogP contribution in [0.25, 0.3) is 66.2 Å². The predicted octanol–water partition coefficient (Wildman–Crippen LogP) is 7.88. The zero-order valence-corrected chi connectivity index (χ0v) is 47.4. The molecule has 0 saturated heterocycles. The van der Waals surface area contributed by atoms with E-state index in [4.69, 9.17) is 43.7 Å². The minimum atomic E-state index is -1.22. The summed E-state index contributed by atoms with van der Waals surface area (Å²) in [4.78, 5) is 115. The molecule has 12 aromatic rings. The van der Waals surface area contributed by atoms with Crippen molar-refractivity contribution >= 4 is 131 Å². The lowest BCUT2D eigenvalue weighted by atomic mass is 10.1. The summed E-state index contributed by atoms with van der Waals surface area (Å²) in [5, 5.41) is 67.6. The van der Waals surface area contributed by atoms with E-state index < -0.39 is 38.5 Å². The summed E-state index contributed by atoms with van der Waals surface area (Å²) in [7, 11) is 0. The molecule has 0 radical (unpaired) electrons. The number of anilines is 2. The molecule has 0 atom stereocenters.